The Morgan fingerprint density at radius 3 is 2.83 bits per heavy atom. The zero-order valence-corrected chi connectivity index (χ0v) is 18.0. The topological polar surface area (TPSA) is 97.5 Å². The maximum Gasteiger partial charge on any atom is 0.272 e. The molecule has 0 aromatic carbocycles. The first-order chi connectivity index (χ1) is 14.6. The number of piperidine rings is 1. The van der Waals surface area contributed by atoms with Crippen molar-refractivity contribution in [3.8, 4) is 0 Å². The van der Waals surface area contributed by atoms with Crippen LogP contribution in [0.1, 0.15) is 52.3 Å². The van der Waals surface area contributed by atoms with Crippen molar-refractivity contribution in [2.75, 3.05) is 38.5 Å². The Morgan fingerprint density at radius 2 is 2.03 bits per heavy atom. The third-order valence-corrected chi connectivity index (χ3v) is 7.32. The smallest absolute Gasteiger partial charge is 0.272 e. The van der Waals surface area contributed by atoms with Crippen LogP contribution in [0.25, 0.3) is 0 Å². The van der Waals surface area contributed by atoms with Crippen LogP contribution in [0.4, 0.5) is 5.95 Å². The molecule has 1 aliphatic carbocycles. The lowest BCUT2D eigenvalue weighted by Crippen LogP contribution is -2.57. The van der Waals surface area contributed by atoms with Gasteiger partial charge in [-0.3, -0.25) is 14.7 Å². The number of morpholine rings is 1. The number of carbonyl (C=O) groups is 1. The summed E-state index contributed by atoms with van der Waals surface area (Å²) < 4.78 is 6.26. The van der Waals surface area contributed by atoms with E-state index in [2.05, 4.69) is 19.9 Å². The maximum absolute atomic E-state index is 13.3. The fourth-order valence-corrected chi connectivity index (χ4v) is 5.59. The molecule has 1 amide bonds. The van der Waals surface area contributed by atoms with Gasteiger partial charge < -0.3 is 15.4 Å². The summed E-state index contributed by atoms with van der Waals surface area (Å²) in [4.78, 5) is 31.9. The van der Waals surface area contributed by atoms with Gasteiger partial charge in [0.2, 0.25) is 5.95 Å². The lowest BCUT2D eigenvalue weighted by atomic mass is 9.88. The molecule has 2 saturated heterocycles. The third-order valence-electron chi connectivity index (χ3n) is 6.56. The predicted octanol–water partition coefficient (Wildman–Crippen LogP) is 1.90. The zero-order valence-electron chi connectivity index (χ0n) is 17.2. The van der Waals surface area contributed by atoms with E-state index < -0.39 is 0 Å². The van der Waals surface area contributed by atoms with Crippen molar-refractivity contribution in [1.82, 2.24) is 24.8 Å². The average molecular weight is 429 g/mol. The lowest BCUT2D eigenvalue weighted by molar-refractivity contribution is -0.134. The number of ether oxygens (including phenoxy) is 1. The fourth-order valence-electron chi connectivity index (χ4n) is 4.96. The largest absolute Gasteiger partial charge is 0.372 e. The number of anilines is 1. The molecule has 4 heterocycles. The molecule has 1 spiro atoms. The average Bonchev–Trinajstić information content (AvgIpc) is 3.26. The summed E-state index contributed by atoms with van der Waals surface area (Å²) in [6.45, 7) is 4.88. The summed E-state index contributed by atoms with van der Waals surface area (Å²) in [5.74, 6) is 0.205. The normalized spacial score (nSPS) is 21.5. The molecule has 2 aromatic heterocycles. The molecule has 8 nitrogen and oxygen atoms in total. The van der Waals surface area contributed by atoms with Crippen LogP contribution < -0.4 is 5.73 Å². The van der Waals surface area contributed by atoms with Gasteiger partial charge in [0.25, 0.3) is 5.91 Å². The quantitative estimate of drug-likeness (QED) is 0.797. The molecule has 0 saturated carbocycles. The molecule has 30 heavy (non-hydrogen) atoms. The van der Waals surface area contributed by atoms with Crippen LogP contribution >= 0.6 is 11.3 Å². The molecule has 2 aromatic rings. The van der Waals surface area contributed by atoms with Crippen molar-refractivity contribution in [1.29, 1.82) is 0 Å². The monoisotopic (exact) mass is 428 g/mol. The van der Waals surface area contributed by atoms with E-state index in [4.69, 9.17) is 10.5 Å². The number of nitrogens with two attached hydrogens (primary N) is 1. The highest BCUT2D eigenvalue weighted by Crippen LogP contribution is 2.32. The van der Waals surface area contributed by atoms with Gasteiger partial charge in [-0.25, -0.2) is 9.97 Å². The maximum atomic E-state index is 13.3. The number of carbonyl (C=O) groups excluding carboxylic acids is 1. The predicted molar refractivity (Wildman–Crippen MR) is 114 cm³/mol. The first-order valence-corrected chi connectivity index (χ1v) is 11.7. The highest BCUT2D eigenvalue weighted by molar-refractivity contribution is 7.09. The summed E-state index contributed by atoms with van der Waals surface area (Å²) in [5, 5.41) is 0. The van der Waals surface area contributed by atoms with E-state index in [0.29, 0.717) is 18.8 Å². The van der Waals surface area contributed by atoms with Gasteiger partial charge in [-0.15, -0.1) is 11.3 Å². The zero-order chi connectivity index (χ0) is 20.6. The number of thiazole rings is 1. The van der Waals surface area contributed by atoms with E-state index in [9.17, 15) is 4.79 Å². The van der Waals surface area contributed by atoms with E-state index in [1.165, 1.54) is 4.88 Å². The minimum atomic E-state index is -0.163. The Labute approximate surface area is 180 Å². The van der Waals surface area contributed by atoms with Crippen molar-refractivity contribution in [2.24, 2.45) is 0 Å². The van der Waals surface area contributed by atoms with E-state index in [1.54, 1.807) is 11.3 Å². The van der Waals surface area contributed by atoms with Gasteiger partial charge in [0.1, 0.15) is 5.69 Å². The Morgan fingerprint density at radius 1 is 1.20 bits per heavy atom. The fraction of sp³-hybridized carbons (Fsp3) is 0.619. The van der Waals surface area contributed by atoms with Crippen LogP contribution in [0, 0.1) is 0 Å². The number of hydrogen-bond acceptors (Lipinski definition) is 8. The number of nitrogens with zero attached hydrogens (tertiary/aromatic N) is 5. The van der Waals surface area contributed by atoms with Crippen molar-refractivity contribution < 1.29 is 9.53 Å². The van der Waals surface area contributed by atoms with Crippen LogP contribution in [-0.2, 0) is 24.1 Å². The lowest BCUT2D eigenvalue weighted by Gasteiger charge is -2.47. The molecule has 5 rings (SSSR count). The van der Waals surface area contributed by atoms with Gasteiger partial charge >= 0.3 is 0 Å². The SMILES string of the molecule is Nc1nc2c(c(C(=O)N3CCC4(CC3)CN(Cc3cncs3)CCO4)n1)CCCC2. The van der Waals surface area contributed by atoms with E-state index in [-0.39, 0.29) is 17.5 Å². The highest BCUT2D eigenvalue weighted by Gasteiger charge is 2.41. The van der Waals surface area contributed by atoms with Crippen LogP contribution in [0.2, 0.25) is 0 Å². The number of aromatic nitrogens is 3. The number of nitrogen functional groups attached to an aromatic ring is 1. The standard InChI is InChI=1S/C21H28N6O2S/c22-20-24-17-4-2-1-3-16(17)18(25-20)19(28)27-7-5-21(6-8-27)13-26(9-10-29-21)12-15-11-23-14-30-15/h11,14H,1-10,12-13H2,(H2,22,24,25). The second-order valence-electron chi connectivity index (χ2n) is 8.56. The highest BCUT2D eigenvalue weighted by atomic mass is 32.1. The molecule has 9 heteroatoms. The first kappa shape index (κ1) is 19.8. The second kappa shape index (κ2) is 8.20. The van der Waals surface area contributed by atoms with E-state index in [1.807, 2.05) is 16.6 Å². The third kappa shape index (κ3) is 3.93. The number of rotatable bonds is 3. The molecule has 160 valence electrons. The molecule has 2 fully saturated rings. The van der Waals surface area contributed by atoms with Gasteiger partial charge in [-0.05, 0) is 38.5 Å². The summed E-state index contributed by atoms with van der Waals surface area (Å²) in [6.07, 6.45) is 7.56. The van der Waals surface area contributed by atoms with Crippen LogP contribution in [0.5, 0.6) is 0 Å². The summed E-state index contributed by atoms with van der Waals surface area (Å²) >= 11 is 1.70. The Balaban J connectivity index is 1.26. The minimum absolute atomic E-state index is 0.00516. The molecule has 2 N–H and O–H groups in total. The van der Waals surface area contributed by atoms with Gasteiger partial charge in [0.15, 0.2) is 0 Å². The van der Waals surface area contributed by atoms with Crippen molar-refractivity contribution in [3.63, 3.8) is 0 Å². The van der Waals surface area contributed by atoms with Crippen LogP contribution in [0.15, 0.2) is 11.7 Å². The van der Waals surface area contributed by atoms with Gasteiger partial charge in [0.05, 0.1) is 17.7 Å². The van der Waals surface area contributed by atoms with Crippen molar-refractivity contribution >= 4 is 23.2 Å². The molecule has 0 bridgehead atoms. The van der Waals surface area contributed by atoms with Crippen molar-refractivity contribution in [2.45, 2.75) is 50.7 Å². The second-order valence-corrected chi connectivity index (χ2v) is 9.54. The van der Waals surface area contributed by atoms with Crippen LogP contribution in [0.3, 0.4) is 0 Å². The van der Waals surface area contributed by atoms with Gasteiger partial charge in [-0.1, -0.05) is 0 Å². The van der Waals surface area contributed by atoms with Crippen molar-refractivity contribution in [3.05, 3.63) is 33.5 Å². The minimum Gasteiger partial charge on any atom is -0.372 e. The molecule has 3 aliphatic rings. The number of fused-ring (bicyclic) bond motifs is 1. The number of aryl methyl sites for hydroxylation is 1. The Hall–Kier alpha value is -2.10. The number of likely N-dealkylation sites (tertiary alicyclic amines) is 1. The Bertz CT molecular complexity index is 910. The summed E-state index contributed by atoms with van der Waals surface area (Å²) in [5.41, 5.74) is 10.1. The number of amides is 1. The summed E-state index contributed by atoms with van der Waals surface area (Å²) in [7, 11) is 0. The van der Waals surface area contributed by atoms with E-state index >= 15 is 0 Å². The Kier molecular flexibility index (Phi) is 5.43. The molecule has 0 atom stereocenters. The molecular formula is C21H28N6O2S. The number of hydrogen-bond donors (Lipinski definition) is 1. The van der Waals surface area contributed by atoms with E-state index in [0.717, 1.165) is 76.0 Å². The van der Waals surface area contributed by atoms with Gasteiger partial charge in [-0.2, -0.15) is 0 Å². The molecule has 0 unspecified atom stereocenters. The molecule has 0 radical (unpaired) electrons. The van der Waals surface area contributed by atoms with Crippen LogP contribution in [-0.4, -0.2) is 69.0 Å². The first-order valence-electron chi connectivity index (χ1n) is 10.8. The molecular weight excluding hydrogens is 400 g/mol. The molecule has 2 aliphatic heterocycles. The van der Waals surface area contributed by atoms with Gasteiger partial charge in [0, 0.05) is 55.1 Å². The summed E-state index contributed by atoms with van der Waals surface area (Å²) in [6, 6.07) is 0.